The first kappa shape index (κ1) is 17.4. The van der Waals surface area contributed by atoms with Crippen LogP contribution in [0.4, 0.5) is 11.6 Å². The topological polar surface area (TPSA) is 86.5 Å². The molecule has 6 heteroatoms. The normalized spacial score (nSPS) is 10.4. The zero-order valence-electron chi connectivity index (χ0n) is 15.1. The van der Waals surface area contributed by atoms with Crippen molar-refractivity contribution in [3.8, 4) is 17.5 Å². The second-order valence-electron chi connectivity index (χ2n) is 6.18. The lowest BCUT2D eigenvalue weighted by molar-refractivity contribution is 1.04. The predicted octanol–water partition coefficient (Wildman–Crippen LogP) is 4.09. The summed E-state index contributed by atoms with van der Waals surface area (Å²) in [6.45, 7) is 1.33. The summed E-state index contributed by atoms with van der Waals surface area (Å²) in [6, 6.07) is 23.5. The van der Waals surface area contributed by atoms with Gasteiger partial charge in [0, 0.05) is 30.2 Å². The van der Waals surface area contributed by atoms with Crippen molar-refractivity contribution in [2.75, 3.05) is 23.7 Å². The molecule has 0 aliphatic heterocycles. The number of anilines is 2. The van der Waals surface area contributed by atoms with E-state index in [2.05, 4.69) is 21.7 Å². The molecule has 4 aromatic rings. The molecule has 28 heavy (non-hydrogen) atoms. The van der Waals surface area contributed by atoms with Gasteiger partial charge in [-0.3, -0.25) is 0 Å². The van der Waals surface area contributed by atoms with E-state index < -0.39 is 0 Å². The molecule has 2 heterocycles. The summed E-state index contributed by atoms with van der Waals surface area (Å²) in [5, 5.41) is 16.4. The molecule has 0 amide bonds. The quantitative estimate of drug-likeness (QED) is 0.500. The maximum absolute atomic E-state index is 8.83. The fraction of sp³-hybridized carbons (Fsp3) is 0.0909. The van der Waals surface area contributed by atoms with Gasteiger partial charge in [0.1, 0.15) is 17.7 Å². The van der Waals surface area contributed by atoms with Gasteiger partial charge in [-0.1, -0.05) is 42.5 Å². The van der Waals surface area contributed by atoms with Crippen LogP contribution in [0.1, 0.15) is 5.56 Å². The minimum Gasteiger partial charge on any atom is -0.368 e. The number of aromatic nitrogens is 3. The van der Waals surface area contributed by atoms with Crippen molar-refractivity contribution >= 4 is 22.5 Å². The van der Waals surface area contributed by atoms with Crippen molar-refractivity contribution in [1.29, 1.82) is 5.26 Å². The number of benzene rings is 2. The minimum atomic E-state index is 0.546. The Morgan fingerprint density at radius 2 is 1.61 bits per heavy atom. The molecule has 0 bridgehead atoms. The lowest BCUT2D eigenvalue weighted by Crippen LogP contribution is -2.15. The summed E-state index contributed by atoms with van der Waals surface area (Å²) in [4.78, 5) is 13.6. The Bertz CT molecular complexity index is 1120. The van der Waals surface area contributed by atoms with Crippen LogP contribution in [0.25, 0.3) is 22.3 Å². The second-order valence-corrected chi connectivity index (χ2v) is 6.18. The molecule has 0 saturated heterocycles. The van der Waals surface area contributed by atoms with Gasteiger partial charge in [-0.2, -0.15) is 5.26 Å². The molecule has 2 aromatic carbocycles. The van der Waals surface area contributed by atoms with Crippen LogP contribution < -0.4 is 10.6 Å². The first-order valence-electron chi connectivity index (χ1n) is 8.99. The third-order valence-corrected chi connectivity index (χ3v) is 4.25. The summed E-state index contributed by atoms with van der Waals surface area (Å²) < 4.78 is 0. The minimum absolute atomic E-state index is 0.546. The Morgan fingerprint density at radius 1 is 0.821 bits per heavy atom. The Labute approximate surface area is 162 Å². The largest absolute Gasteiger partial charge is 0.368 e. The Balaban J connectivity index is 1.50. The highest BCUT2D eigenvalue weighted by Gasteiger charge is 2.08. The van der Waals surface area contributed by atoms with Crippen LogP contribution in [-0.4, -0.2) is 28.0 Å². The van der Waals surface area contributed by atoms with Gasteiger partial charge in [0.15, 0.2) is 5.82 Å². The van der Waals surface area contributed by atoms with E-state index in [0.717, 1.165) is 28.1 Å². The molecule has 0 aliphatic rings. The van der Waals surface area contributed by atoms with E-state index in [1.165, 1.54) is 0 Å². The SMILES string of the molecule is N#Cc1ccc(NCCNc2nc(-c3ccccc3)nc3ccccc23)nc1. The smallest absolute Gasteiger partial charge is 0.162 e. The predicted molar refractivity (Wildman–Crippen MR) is 111 cm³/mol. The highest BCUT2D eigenvalue weighted by Crippen LogP contribution is 2.24. The number of hydrogen-bond donors (Lipinski definition) is 2. The van der Waals surface area contributed by atoms with E-state index in [1.807, 2.05) is 54.6 Å². The number of fused-ring (bicyclic) bond motifs is 1. The number of para-hydroxylation sites is 1. The first-order chi connectivity index (χ1) is 13.8. The molecule has 0 aliphatic carbocycles. The van der Waals surface area contributed by atoms with Crippen molar-refractivity contribution < 1.29 is 0 Å². The van der Waals surface area contributed by atoms with Gasteiger partial charge in [-0.15, -0.1) is 0 Å². The maximum Gasteiger partial charge on any atom is 0.162 e. The number of pyridine rings is 1. The summed E-state index contributed by atoms with van der Waals surface area (Å²) in [5.41, 5.74) is 2.43. The van der Waals surface area contributed by atoms with Gasteiger partial charge in [0.25, 0.3) is 0 Å². The summed E-state index contributed by atoms with van der Waals surface area (Å²) in [7, 11) is 0. The van der Waals surface area contributed by atoms with Crippen LogP contribution in [-0.2, 0) is 0 Å². The lowest BCUT2D eigenvalue weighted by atomic mass is 10.2. The van der Waals surface area contributed by atoms with Crippen molar-refractivity contribution in [2.45, 2.75) is 0 Å². The van der Waals surface area contributed by atoms with E-state index in [-0.39, 0.29) is 0 Å². The third-order valence-electron chi connectivity index (χ3n) is 4.25. The van der Waals surface area contributed by atoms with E-state index >= 15 is 0 Å². The van der Waals surface area contributed by atoms with Gasteiger partial charge in [-0.25, -0.2) is 15.0 Å². The molecule has 0 saturated carbocycles. The number of nitrogens with one attached hydrogen (secondary N) is 2. The average molecular weight is 366 g/mol. The van der Waals surface area contributed by atoms with Gasteiger partial charge in [-0.05, 0) is 24.3 Å². The van der Waals surface area contributed by atoms with Gasteiger partial charge in [0.2, 0.25) is 0 Å². The molecule has 2 aromatic heterocycles. The van der Waals surface area contributed by atoms with E-state index in [1.54, 1.807) is 18.3 Å². The molecule has 6 nitrogen and oxygen atoms in total. The van der Waals surface area contributed by atoms with Crippen molar-refractivity contribution in [3.63, 3.8) is 0 Å². The standard InChI is InChI=1S/C22H18N6/c23-14-16-10-11-20(26-15-16)24-12-13-25-22-18-8-4-5-9-19(18)27-21(28-22)17-6-2-1-3-7-17/h1-11,15H,12-13H2,(H,24,26)(H,25,27,28). The molecule has 0 unspecified atom stereocenters. The van der Waals surface area contributed by atoms with Crippen LogP contribution in [0.2, 0.25) is 0 Å². The van der Waals surface area contributed by atoms with Gasteiger partial charge >= 0.3 is 0 Å². The zero-order chi connectivity index (χ0) is 19.2. The van der Waals surface area contributed by atoms with Crippen LogP contribution >= 0.6 is 0 Å². The molecule has 136 valence electrons. The molecular formula is C22H18N6. The highest BCUT2D eigenvalue weighted by molar-refractivity contribution is 5.90. The van der Waals surface area contributed by atoms with Crippen molar-refractivity contribution in [2.24, 2.45) is 0 Å². The summed E-state index contributed by atoms with van der Waals surface area (Å²) >= 11 is 0. The lowest BCUT2D eigenvalue weighted by Gasteiger charge is -2.12. The van der Waals surface area contributed by atoms with Crippen LogP contribution in [0.3, 0.4) is 0 Å². The fourth-order valence-electron chi connectivity index (χ4n) is 2.86. The Hall–Kier alpha value is -3.98. The van der Waals surface area contributed by atoms with E-state index in [0.29, 0.717) is 24.5 Å². The van der Waals surface area contributed by atoms with Crippen LogP contribution in [0.15, 0.2) is 72.9 Å². The van der Waals surface area contributed by atoms with Crippen molar-refractivity contribution in [1.82, 2.24) is 15.0 Å². The van der Waals surface area contributed by atoms with Gasteiger partial charge in [0.05, 0.1) is 11.1 Å². The summed E-state index contributed by atoms with van der Waals surface area (Å²) in [5.74, 6) is 2.24. The van der Waals surface area contributed by atoms with Gasteiger partial charge < -0.3 is 10.6 Å². The molecule has 0 fully saturated rings. The zero-order valence-corrected chi connectivity index (χ0v) is 15.1. The second kappa shape index (κ2) is 8.14. The monoisotopic (exact) mass is 366 g/mol. The fourth-order valence-corrected chi connectivity index (χ4v) is 2.86. The van der Waals surface area contributed by atoms with E-state index in [9.17, 15) is 0 Å². The maximum atomic E-state index is 8.83. The molecule has 0 radical (unpaired) electrons. The average Bonchev–Trinajstić information content (AvgIpc) is 2.77. The van der Waals surface area contributed by atoms with E-state index in [4.69, 9.17) is 15.2 Å². The molecule has 0 atom stereocenters. The number of rotatable bonds is 6. The molecule has 0 spiro atoms. The molecular weight excluding hydrogens is 348 g/mol. The highest BCUT2D eigenvalue weighted by atomic mass is 15.1. The van der Waals surface area contributed by atoms with Crippen LogP contribution in [0, 0.1) is 11.3 Å². The number of hydrogen-bond acceptors (Lipinski definition) is 6. The molecule has 2 N–H and O–H groups in total. The Kier molecular flexibility index (Phi) is 5.07. The molecule has 4 rings (SSSR count). The first-order valence-corrected chi connectivity index (χ1v) is 8.99. The Morgan fingerprint density at radius 3 is 2.39 bits per heavy atom. The van der Waals surface area contributed by atoms with Crippen LogP contribution in [0.5, 0.6) is 0 Å². The summed E-state index contributed by atoms with van der Waals surface area (Å²) in [6.07, 6.45) is 1.56. The third kappa shape index (κ3) is 3.89. The van der Waals surface area contributed by atoms with Crippen molar-refractivity contribution in [3.05, 3.63) is 78.5 Å². The number of nitrogens with zero attached hydrogens (tertiary/aromatic N) is 4. The number of nitriles is 1.